The second-order valence-electron chi connectivity index (χ2n) is 3.95. The summed E-state index contributed by atoms with van der Waals surface area (Å²) in [6.45, 7) is 3.29. The van der Waals surface area contributed by atoms with Crippen LogP contribution in [0.4, 0.5) is 15.8 Å². The van der Waals surface area contributed by atoms with E-state index in [0.717, 1.165) is 5.56 Å². The van der Waals surface area contributed by atoms with Crippen LogP contribution in [0, 0.1) is 12.7 Å². The van der Waals surface area contributed by atoms with Crippen molar-refractivity contribution in [1.82, 2.24) is 9.78 Å². The lowest BCUT2D eigenvalue weighted by Crippen LogP contribution is -2.11. The van der Waals surface area contributed by atoms with Crippen LogP contribution in [-0.4, -0.2) is 16.3 Å². The highest BCUT2D eigenvalue weighted by Gasteiger charge is 2.01. The van der Waals surface area contributed by atoms with Crippen molar-refractivity contribution in [2.24, 2.45) is 0 Å². The van der Waals surface area contributed by atoms with Gasteiger partial charge in [-0.15, -0.1) is 0 Å². The van der Waals surface area contributed by atoms with E-state index in [1.807, 2.05) is 17.8 Å². The molecular weight excluding hydrogens is 219 g/mol. The highest BCUT2D eigenvalue weighted by atomic mass is 19.1. The van der Waals surface area contributed by atoms with Crippen molar-refractivity contribution in [3.8, 4) is 0 Å². The first-order valence-electron chi connectivity index (χ1n) is 5.43. The van der Waals surface area contributed by atoms with Gasteiger partial charge in [0.05, 0.1) is 18.4 Å². The minimum Gasteiger partial charge on any atom is -0.399 e. The Balaban J connectivity index is 1.90. The topological polar surface area (TPSA) is 55.9 Å². The Morgan fingerprint density at radius 1 is 1.47 bits per heavy atom. The normalized spacial score (nSPS) is 10.5. The quantitative estimate of drug-likeness (QED) is 0.796. The molecule has 1 aromatic heterocycles. The van der Waals surface area contributed by atoms with Gasteiger partial charge in [-0.05, 0) is 30.7 Å². The van der Waals surface area contributed by atoms with E-state index in [2.05, 4.69) is 10.4 Å². The maximum absolute atomic E-state index is 13.4. The number of nitrogens with zero attached hydrogens (tertiary/aromatic N) is 2. The minimum absolute atomic E-state index is 0.332. The van der Waals surface area contributed by atoms with Gasteiger partial charge in [0.25, 0.3) is 0 Å². The predicted molar refractivity (Wildman–Crippen MR) is 66.3 cm³/mol. The molecule has 0 saturated heterocycles. The Bertz CT molecular complexity index is 507. The average molecular weight is 234 g/mol. The molecule has 0 amide bonds. The van der Waals surface area contributed by atoms with Crippen molar-refractivity contribution < 1.29 is 4.39 Å². The fourth-order valence-corrected chi connectivity index (χ4v) is 1.57. The van der Waals surface area contributed by atoms with E-state index in [1.165, 1.54) is 6.07 Å². The first kappa shape index (κ1) is 11.4. The van der Waals surface area contributed by atoms with Crippen LogP contribution in [-0.2, 0) is 6.54 Å². The zero-order valence-electron chi connectivity index (χ0n) is 9.65. The molecule has 0 fully saturated rings. The fraction of sp³-hybridized carbons (Fsp3) is 0.250. The van der Waals surface area contributed by atoms with E-state index in [-0.39, 0.29) is 5.82 Å². The molecule has 0 aliphatic rings. The lowest BCUT2D eigenvalue weighted by Gasteiger charge is -2.08. The Hall–Kier alpha value is -2.04. The van der Waals surface area contributed by atoms with Crippen LogP contribution in [0.25, 0.3) is 0 Å². The molecule has 0 aliphatic carbocycles. The van der Waals surface area contributed by atoms with E-state index in [0.29, 0.717) is 24.5 Å². The van der Waals surface area contributed by atoms with Gasteiger partial charge in [0.2, 0.25) is 0 Å². The first-order chi connectivity index (χ1) is 8.15. The van der Waals surface area contributed by atoms with Crippen LogP contribution in [0.1, 0.15) is 5.56 Å². The van der Waals surface area contributed by atoms with Gasteiger partial charge < -0.3 is 11.1 Å². The molecule has 0 atom stereocenters. The first-order valence-corrected chi connectivity index (χ1v) is 5.43. The monoisotopic (exact) mass is 234 g/mol. The Kier molecular flexibility index (Phi) is 3.27. The van der Waals surface area contributed by atoms with E-state index in [9.17, 15) is 4.39 Å². The summed E-state index contributed by atoms with van der Waals surface area (Å²) in [4.78, 5) is 0. The summed E-state index contributed by atoms with van der Waals surface area (Å²) in [7, 11) is 0. The number of aryl methyl sites for hydroxylation is 1. The summed E-state index contributed by atoms with van der Waals surface area (Å²) >= 11 is 0. The van der Waals surface area contributed by atoms with E-state index < -0.39 is 0 Å². The maximum Gasteiger partial charge on any atom is 0.148 e. The van der Waals surface area contributed by atoms with Crippen LogP contribution < -0.4 is 11.1 Å². The highest BCUT2D eigenvalue weighted by Crippen LogP contribution is 2.16. The summed E-state index contributed by atoms with van der Waals surface area (Å²) < 4.78 is 15.2. The number of anilines is 2. The zero-order chi connectivity index (χ0) is 12.3. The molecule has 90 valence electrons. The highest BCUT2D eigenvalue weighted by molar-refractivity contribution is 5.52. The van der Waals surface area contributed by atoms with Gasteiger partial charge in [0.15, 0.2) is 0 Å². The number of aromatic nitrogens is 2. The van der Waals surface area contributed by atoms with Crippen LogP contribution in [0.5, 0.6) is 0 Å². The zero-order valence-corrected chi connectivity index (χ0v) is 9.65. The Morgan fingerprint density at radius 3 is 2.94 bits per heavy atom. The number of hydrogen-bond acceptors (Lipinski definition) is 3. The van der Waals surface area contributed by atoms with Gasteiger partial charge in [-0.2, -0.15) is 5.10 Å². The lowest BCUT2D eigenvalue weighted by atomic mass is 10.2. The molecule has 5 heteroatoms. The third kappa shape index (κ3) is 2.96. The Labute approximate surface area is 99.2 Å². The molecule has 0 bridgehead atoms. The summed E-state index contributed by atoms with van der Waals surface area (Å²) in [5.74, 6) is -0.332. The largest absolute Gasteiger partial charge is 0.399 e. The third-order valence-corrected chi connectivity index (χ3v) is 2.41. The van der Waals surface area contributed by atoms with Crippen LogP contribution in [0.2, 0.25) is 0 Å². The van der Waals surface area contributed by atoms with E-state index >= 15 is 0 Å². The van der Waals surface area contributed by atoms with Crippen molar-refractivity contribution in [2.45, 2.75) is 13.5 Å². The summed E-state index contributed by atoms with van der Waals surface area (Å²) in [5.41, 5.74) is 7.47. The smallest absolute Gasteiger partial charge is 0.148 e. The molecular formula is C12H15FN4. The van der Waals surface area contributed by atoms with E-state index in [4.69, 9.17) is 5.73 Å². The van der Waals surface area contributed by atoms with Crippen LogP contribution in [0.15, 0.2) is 30.6 Å². The molecule has 0 unspecified atom stereocenters. The standard InChI is InChI=1S/C12H15FN4/c1-9-7-16-17(8-9)5-4-15-12-3-2-10(14)6-11(12)13/h2-3,6-8,15H,4-5,14H2,1H3. The molecule has 3 N–H and O–H groups in total. The number of nitrogen functional groups attached to an aromatic ring is 1. The second-order valence-corrected chi connectivity index (χ2v) is 3.95. The molecule has 0 aliphatic heterocycles. The van der Waals surface area contributed by atoms with Gasteiger partial charge >= 0.3 is 0 Å². The molecule has 17 heavy (non-hydrogen) atoms. The molecule has 0 saturated carbocycles. The van der Waals surface area contributed by atoms with Gasteiger partial charge in [-0.1, -0.05) is 0 Å². The van der Waals surface area contributed by atoms with Crippen molar-refractivity contribution in [3.63, 3.8) is 0 Å². The minimum atomic E-state index is -0.332. The fourth-order valence-electron chi connectivity index (χ4n) is 1.57. The molecule has 2 rings (SSSR count). The van der Waals surface area contributed by atoms with E-state index in [1.54, 1.807) is 18.3 Å². The average Bonchev–Trinajstić information content (AvgIpc) is 2.68. The summed E-state index contributed by atoms with van der Waals surface area (Å²) in [6, 6.07) is 4.61. The number of hydrogen-bond donors (Lipinski definition) is 2. The number of nitrogens with one attached hydrogen (secondary N) is 1. The summed E-state index contributed by atoms with van der Waals surface area (Å²) in [6.07, 6.45) is 3.74. The SMILES string of the molecule is Cc1cnn(CCNc2ccc(N)cc2F)c1. The molecule has 0 spiro atoms. The van der Waals surface area contributed by atoms with Gasteiger partial charge in [0, 0.05) is 18.4 Å². The number of rotatable bonds is 4. The molecule has 0 radical (unpaired) electrons. The van der Waals surface area contributed by atoms with Crippen molar-refractivity contribution >= 4 is 11.4 Å². The number of benzene rings is 1. The van der Waals surface area contributed by atoms with Crippen molar-refractivity contribution in [2.75, 3.05) is 17.6 Å². The van der Waals surface area contributed by atoms with Gasteiger partial charge in [-0.3, -0.25) is 4.68 Å². The Morgan fingerprint density at radius 2 is 2.29 bits per heavy atom. The van der Waals surface area contributed by atoms with Gasteiger partial charge in [-0.25, -0.2) is 4.39 Å². The second kappa shape index (κ2) is 4.86. The third-order valence-electron chi connectivity index (χ3n) is 2.41. The molecule has 2 aromatic rings. The van der Waals surface area contributed by atoms with Crippen molar-refractivity contribution in [3.05, 3.63) is 42.0 Å². The number of nitrogens with two attached hydrogens (primary N) is 1. The maximum atomic E-state index is 13.4. The van der Waals surface area contributed by atoms with Crippen molar-refractivity contribution in [1.29, 1.82) is 0 Å². The molecule has 4 nitrogen and oxygen atoms in total. The predicted octanol–water partition coefficient (Wildman–Crippen LogP) is 2.02. The molecule has 1 heterocycles. The van der Waals surface area contributed by atoms with Crippen LogP contribution in [0.3, 0.4) is 0 Å². The van der Waals surface area contributed by atoms with Gasteiger partial charge in [0.1, 0.15) is 5.82 Å². The lowest BCUT2D eigenvalue weighted by molar-refractivity contribution is 0.618. The molecule has 1 aromatic carbocycles. The number of halogens is 1. The summed E-state index contributed by atoms with van der Waals surface area (Å²) in [5, 5.41) is 7.15. The van der Waals surface area contributed by atoms with Crippen LogP contribution >= 0.6 is 0 Å².